The average molecular weight is 396 g/mol. The minimum Gasteiger partial charge on any atom is -0.488 e. The van der Waals surface area contributed by atoms with Gasteiger partial charge in [-0.3, -0.25) is 9.48 Å². The summed E-state index contributed by atoms with van der Waals surface area (Å²) < 4.78 is 13.2. The third kappa shape index (κ3) is 4.34. The van der Waals surface area contributed by atoms with Crippen LogP contribution in [0.5, 0.6) is 5.75 Å². The average Bonchev–Trinajstić information content (AvgIpc) is 3.24. The fourth-order valence-corrected chi connectivity index (χ4v) is 3.30. The van der Waals surface area contributed by atoms with Gasteiger partial charge in [0.25, 0.3) is 5.91 Å². The molecule has 2 aromatic heterocycles. The molecule has 1 unspecified atom stereocenters. The number of hydrogen-bond donors (Lipinski definition) is 1. The van der Waals surface area contributed by atoms with Gasteiger partial charge in [-0.25, -0.2) is 0 Å². The van der Waals surface area contributed by atoms with Gasteiger partial charge in [-0.15, -0.1) is 0 Å². The molecule has 1 N–H and O–H groups in total. The van der Waals surface area contributed by atoms with Gasteiger partial charge in [-0.1, -0.05) is 17.3 Å². The number of ether oxygens (including phenoxy) is 1. The van der Waals surface area contributed by atoms with Crippen molar-refractivity contribution in [2.24, 2.45) is 0 Å². The third-order valence-electron chi connectivity index (χ3n) is 5.17. The molecule has 0 spiro atoms. The van der Waals surface area contributed by atoms with Crippen LogP contribution in [-0.4, -0.2) is 20.8 Å². The Morgan fingerprint density at radius 1 is 1.28 bits per heavy atom. The summed E-state index contributed by atoms with van der Waals surface area (Å²) in [5.74, 6) is 1.06. The van der Waals surface area contributed by atoms with Crippen molar-refractivity contribution in [3.8, 4) is 5.75 Å². The van der Waals surface area contributed by atoms with E-state index < -0.39 is 0 Å². The first kappa shape index (κ1) is 20.6. The van der Waals surface area contributed by atoms with Crippen LogP contribution < -0.4 is 10.1 Å². The minimum atomic E-state index is -0.294. The fraction of sp³-hybridized carbons (Fsp3) is 0.409. The first-order valence-corrected chi connectivity index (χ1v) is 9.80. The van der Waals surface area contributed by atoms with Gasteiger partial charge in [0.15, 0.2) is 5.69 Å². The molecule has 0 saturated carbocycles. The number of nitrogens with zero attached hydrogens (tertiary/aromatic N) is 3. The highest BCUT2D eigenvalue weighted by Gasteiger charge is 2.23. The second-order valence-corrected chi connectivity index (χ2v) is 7.32. The highest BCUT2D eigenvalue weighted by Crippen LogP contribution is 2.23. The van der Waals surface area contributed by atoms with Crippen LogP contribution >= 0.6 is 0 Å². The van der Waals surface area contributed by atoms with Crippen LogP contribution in [0.4, 0.5) is 0 Å². The third-order valence-corrected chi connectivity index (χ3v) is 5.17. The van der Waals surface area contributed by atoms with E-state index in [1.54, 1.807) is 13.1 Å². The van der Waals surface area contributed by atoms with Crippen LogP contribution in [0.3, 0.4) is 0 Å². The zero-order chi connectivity index (χ0) is 21.1. The predicted molar refractivity (Wildman–Crippen MR) is 110 cm³/mol. The monoisotopic (exact) mass is 396 g/mol. The molecule has 0 bridgehead atoms. The Bertz CT molecular complexity index is 1020. The van der Waals surface area contributed by atoms with Crippen LogP contribution in [0.1, 0.15) is 64.1 Å². The first-order chi connectivity index (χ1) is 13.8. The second kappa shape index (κ2) is 8.51. The molecule has 154 valence electrons. The van der Waals surface area contributed by atoms with E-state index in [1.807, 2.05) is 57.5 Å². The number of nitrogens with one attached hydrogen (secondary N) is 1. The van der Waals surface area contributed by atoms with Crippen molar-refractivity contribution in [2.75, 3.05) is 0 Å². The molecule has 7 heteroatoms. The number of aromatic nitrogens is 3. The molecule has 0 saturated heterocycles. The van der Waals surface area contributed by atoms with Gasteiger partial charge in [-0.05, 0) is 58.7 Å². The van der Waals surface area contributed by atoms with Crippen LogP contribution in [0, 0.1) is 27.7 Å². The van der Waals surface area contributed by atoms with Crippen molar-refractivity contribution in [3.05, 3.63) is 63.8 Å². The summed E-state index contributed by atoms with van der Waals surface area (Å²) in [6.45, 7) is 12.7. The quantitative estimate of drug-likeness (QED) is 0.647. The number of aryl methyl sites for hydroxylation is 4. The van der Waals surface area contributed by atoms with E-state index in [2.05, 4.69) is 15.6 Å². The van der Waals surface area contributed by atoms with Gasteiger partial charge in [0.1, 0.15) is 18.1 Å². The highest BCUT2D eigenvalue weighted by atomic mass is 16.5. The van der Waals surface area contributed by atoms with E-state index in [-0.39, 0.29) is 24.2 Å². The lowest BCUT2D eigenvalue weighted by atomic mass is 10.1. The largest absolute Gasteiger partial charge is 0.488 e. The molecule has 0 aliphatic heterocycles. The molecule has 1 aromatic carbocycles. The molecular weight excluding hydrogens is 368 g/mol. The highest BCUT2D eigenvalue weighted by molar-refractivity contribution is 5.94. The molecule has 0 fully saturated rings. The smallest absolute Gasteiger partial charge is 0.274 e. The van der Waals surface area contributed by atoms with Crippen molar-refractivity contribution < 1.29 is 14.1 Å². The number of benzene rings is 1. The lowest BCUT2D eigenvalue weighted by Gasteiger charge is -2.14. The summed E-state index contributed by atoms with van der Waals surface area (Å²) in [6.07, 6.45) is 1.79. The molecule has 0 aliphatic rings. The molecule has 0 aliphatic carbocycles. The maximum absolute atomic E-state index is 12.9. The summed E-state index contributed by atoms with van der Waals surface area (Å²) >= 11 is 0. The summed E-state index contributed by atoms with van der Waals surface area (Å²) in [6, 6.07) is 5.83. The lowest BCUT2D eigenvalue weighted by Crippen LogP contribution is -2.28. The zero-order valence-electron chi connectivity index (χ0n) is 17.9. The van der Waals surface area contributed by atoms with Crippen molar-refractivity contribution >= 4 is 5.91 Å². The molecule has 3 rings (SSSR count). The van der Waals surface area contributed by atoms with E-state index in [1.165, 1.54) is 0 Å². The number of carbonyl (C=O) groups is 1. The van der Waals surface area contributed by atoms with Crippen LogP contribution in [-0.2, 0) is 13.2 Å². The van der Waals surface area contributed by atoms with Crippen LogP contribution in [0.25, 0.3) is 0 Å². The van der Waals surface area contributed by atoms with E-state index >= 15 is 0 Å². The summed E-state index contributed by atoms with van der Waals surface area (Å²) in [4.78, 5) is 12.9. The Balaban J connectivity index is 1.75. The fourth-order valence-electron chi connectivity index (χ4n) is 3.30. The van der Waals surface area contributed by atoms with Crippen molar-refractivity contribution in [2.45, 2.75) is 60.7 Å². The molecule has 1 atom stereocenters. The van der Waals surface area contributed by atoms with E-state index in [0.717, 1.165) is 34.7 Å². The van der Waals surface area contributed by atoms with Gasteiger partial charge < -0.3 is 14.6 Å². The summed E-state index contributed by atoms with van der Waals surface area (Å²) in [5.41, 5.74) is 5.07. The molecule has 29 heavy (non-hydrogen) atoms. The topological polar surface area (TPSA) is 82.2 Å². The number of hydrogen-bond acceptors (Lipinski definition) is 5. The molecule has 2 heterocycles. The zero-order valence-corrected chi connectivity index (χ0v) is 17.9. The predicted octanol–water partition coefficient (Wildman–Crippen LogP) is 4.19. The maximum atomic E-state index is 12.9. The second-order valence-electron chi connectivity index (χ2n) is 7.32. The molecule has 0 radical (unpaired) electrons. The van der Waals surface area contributed by atoms with E-state index in [0.29, 0.717) is 11.3 Å². The maximum Gasteiger partial charge on any atom is 0.274 e. The van der Waals surface area contributed by atoms with Crippen molar-refractivity contribution in [3.63, 3.8) is 0 Å². The normalized spacial score (nSPS) is 12.1. The van der Waals surface area contributed by atoms with Crippen molar-refractivity contribution in [1.29, 1.82) is 0 Å². The van der Waals surface area contributed by atoms with Gasteiger partial charge in [-0.2, -0.15) is 5.10 Å². The lowest BCUT2D eigenvalue weighted by molar-refractivity contribution is 0.0928. The molecule has 3 aromatic rings. The van der Waals surface area contributed by atoms with Gasteiger partial charge in [0.2, 0.25) is 0 Å². The molecule has 1 amide bonds. The van der Waals surface area contributed by atoms with Crippen LogP contribution in [0.15, 0.2) is 28.9 Å². The first-order valence-electron chi connectivity index (χ1n) is 9.80. The standard InChI is InChI=1S/C22H28N4O3/c1-7-26-16(5)18(11-23-26)15(4)24-22(27)21-19(17(6)29-25-21)12-28-20-10-13(2)8-9-14(20)3/h8-11,15H,7,12H2,1-6H3,(H,24,27). The number of carbonyl (C=O) groups excluding carboxylic acids is 1. The summed E-state index contributed by atoms with van der Waals surface area (Å²) in [7, 11) is 0. The number of rotatable bonds is 7. The van der Waals surface area contributed by atoms with Crippen LogP contribution in [0.2, 0.25) is 0 Å². The Kier molecular flexibility index (Phi) is 6.06. The molecule has 7 nitrogen and oxygen atoms in total. The molecular formula is C22H28N4O3. The van der Waals surface area contributed by atoms with Crippen molar-refractivity contribution in [1.82, 2.24) is 20.3 Å². The van der Waals surface area contributed by atoms with E-state index in [9.17, 15) is 4.79 Å². The van der Waals surface area contributed by atoms with Gasteiger partial charge >= 0.3 is 0 Å². The Labute approximate surface area is 171 Å². The Morgan fingerprint density at radius 3 is 2.72 bits per heavy atom. The number of amides is 1. The Morgan fingerprint density at radius 2 is 2.03 bits per heavy atom. The minimum absolute atomic E-state index is 0.201. The summed E-state index contributed by atoms with van der Waals surface area (Å²) in [5, 5.41) is 11.3. The SMILES string of the molecule is CCn1ncc(C(C)NC(=O)c2noc(C)c2COc2cc(C)ccc2C)c1C. The Hall–Kier alpha value is -3.09. The van der Waals surface area contributed by atoms with Gasteiger partial charge in [0.05, 0.1) is 17.8 Å². The van der Waals surface area contributed by atoms with Gasteiger partial charge in [0, 0.05) is 17.8 Å². The van der Waals surface area contributed by atoms with E-state index in [4.69, 9.17) is 9.26 Å².